The largest absolute Gasteiger partial charge is 0.379 e. The Morgan fingerprint density at radius 3 is 2.60 bits per heavy atom. The van der Waals surface area contributed by atoms with Crippen LogP contribution in [-0.2, 0) is 14.3 Å². The Hall–Kier alpha value is -0.650. The van der Waals surface area contributed by atoms with E-state index in [1.807, 2.05) is 11.8 Å². The van der Waals surface area contributed by atoms with Crippen molar-refractivity contribution in [2.45, 2.75) is 38.7 Å². The van der Waals surface area contributed by atoms with Crippen molar-refractivity contribution >= 4 is 5.91 Å². The fourth-order valence-corrected chi connectivity index (χ4v) is 2.51. The molecule has 5 heteroatoms. The van der Waals surface area contributed by atoms with Crippen LogP contribution in [0.3, 0.4) is 0 Å². The molecule has 1 amide bonds. The number of nitrogens with one attached hydrogen (secondary N) is 1. The van der Waals surface area contributed by atoms with Crippen molar-refractivity contribution < 1.29 is 14.3 Å². The molecule has 2 fully saturated rings. The van der Waals surface area contributed by atoms with Gasteiger partial charge in [-0.1, -0.05) is 0 Å². The quantitative estimate of drug-likeness (QED) is 0.643. The van der Waals surface area contributed by atoms with E-state index in [0.29, 0.717) is 25.9 Å². The normalized spacial score (nSPS) is 20.4. The summed E-state index contributed by atoms with van der Waals surface area (Å²) in [4.78, 5) is 14.0. The third-order valence-electron chi connectivity index (χ3n) is 3.99. The second-order valence-corrected chi connectivity index (χ2v) is 5.72. The van der Waals surface area contributed by atoms with Crippen LogP contribution in [0.25, 0.3) is 0 Å². The zero-order chi connectivity index (χ0) is 14.2. The van der Waals surface area contributed by atoms with Gasteiger partial charge in [-0.3, -0.25) is 4.79 Å². The maximum absolute atomic E-state index is 12.0. The second kappa shape index (κ2) is 8.60. The average Bonchev–Trinajstić information content (AvgIpc) is 3.28. The van der Waals surface area contributed by atoms with Crippen LogP contribution in [0.5, 0.6) is 0 Å². The first-order chi connectivity index (χ1) is 9.79. The van der Waals surface area contributed by atoms with E-state index in [2.05, 4.69) is 5.32 Å². The third kappa shape index (κ3) is 5.77. The highest BCUT2D eigenvalue weighted by molar-refractivity contribution is 5.78. The number of hydrogen-bond donors (Lipinski definition) is 1. The van der Waals surface area contributed by atoms with Crippen LogP contribution < -0.4 is 5.32 Å². The molecule has 2 rings (SSSR count). The summed E-state index contributed by atoms with van der Waals surface area (Å²) >= 11 is 0. The summed E-state index contributed by atoms with van der Waals surface area (Å²) in [7, 11) is 0. The summed E-state index contributed by atoms with van der Waals surface area (Å²) in [5.41, 5.74) is 0. The predicted molar refractivity (Wildman–Crippen MR) is 77.6 cm³/mol. The number of carbonyl (C=O) groups excluding carboxylic acids is 1. The van der Waals surface area contributed by atoms with Crippen molar-refractivity contribution in [3.63, 3.8) is 0 Å². The van der Waals surface area contributed by atoms with Gasteiger partial charge in [0.1, 0.15) is 0 Å². The summed E-state index contributed by atoms with van der Waals surface area (Å²) in [6.07, 6.45) is 4.83. The zero-order valence-electron chi connectivity index (χ0n) is 12.6. The van der Waals surface area contributed by atoms with Crippen LogP contribution in [0.4, 0.5) is 0 Å². The van der Waals surface area contributed by atoms with Gasteiger partial charge in [0, 0.05) is 19.7 Å². The number of piperidine rings is 1. The Balaban J connectivity index is 1.52. The monoisotopic (exact) mass is 284 g/mol. The van der Waals surface area contributed by atoms with Crippen molar-refractivity contribution in [1.82, 2.24) is 10.2 Å². The van der Waals surface area contributed by atoms with Crippen LogP contribution in [0.2, 0.25) is 0 Å². The molecule has 20 heavy (non-hydrogen) atoms. The fraction of sp³-hybridized carbons (Fsp3) is 0.933. The molecule has 0 aromatic heterocycles. The third-order valence-corrected chi connectivity index (χ3v) is 3.99. The summed E-state index contributed by atoms with van der Waals surface area (Å²) in [6, 6.07) is 0. The predicted octanol–water partition coefficient (Wildman–Crippen LogP) is 1.03. The van der Waals surface area contributed by atoms with Gasteiger partial charge < -0.3 is 19.7 Å². The van der Waals surface area contributed by atoms with Crippen molar-refractivity contribution in [3.05, 3.63) is 0 Å². The number of amides is 1. The maximum Gasteiger partial charge on any atom is 0.236 e. The summed E-state index contributed by atoms with van der Waals surface area (Å²) in [5.74, 6) is 1.06. The molecule has 1 N–H and O–H groups in total. The molecule has 1 aliphatic heterocycles. The Kier molecular flexibility index (Phi) is 6.76. The molecule has 0 aromatic carbocycles. The van der Waals surface area contributed by atoms with Gasteiger partial charge in [-0.25, -0.2) is 0 Å². The van der Waals surface area contributed by atoms with E-state index in [1.165, 1.54) is 12.8 Å². The molecular formula is C15H28N2O3. The molecule has 5 nitrogen and oxygen atoms in total. The molecule has 1 aliphatic carbocycles. The molecule has 0 bridgehead atoms. The van der Waals surface area contributed by atoms with Gasteiger partial charge in [0.2, 0.25) is 5.91 Å². The van der Waals surface area contributed by atoms with Crippen LogP contribution in [-0.4, -0.2) is 62.9 Å². The molecular weight excluding hydrogens is 256 g/mol. The zero-order valence-corrected chi connectivity index (χ0v) is 12.6. The SMILES string of the molecule is CCOCCOC1CCN(C(=O)CNCC2CC2)CC1. The molecule has 0 aromatic rings. The standard InChI is InChI=1S/C15H28N2O3/c1-2-19-9-10-20-14-5-7-17(8-6-14)15(18)12-16-11-13-3-4-13/h13-14,16H,2-12H2,1H3. The highest BCUT2D eigenvalue weighted by Gasteiger charge is 2.24. The number of carbonyl (C=O) groups is 1. The van der Waals surface area contributed by atoms with Gasteiger partial charge in [0.15, 0.2) is 0 Å². The maximum atomic E-state index is 12.0. The Morgan fingerprint density at radius 1 is 1.20 bits per heavy atom. The molecule has 1 saturated heterocycles. The number of ether oxygens (including phenoxy) is 2. The lowest BCUT2D eigenvalue weighted by Crippen LogP contribution is -2.44. The van der Waals surface area contributed by atoms with E-state index < -0.39 is 0 Å². The molecule has 0 atom stereocenters. The average molecular weight is 284 g/mol. The number of nitrogens with zero attached hydrogens (tertiary/aromatic N) is 1. The van der Waals surface area contributed by atoms with E-state index in [9.17, 15) is 4.79 Å². The lowest BCUT2D eigenvalue weighted by atomic mass is 10.1. The number of likely N-dealkylation sites (tertiary alicyclic amines) is 1. The molecule has 1 saturated carbocycles. The van der Waals surface area contributed by atoms with Crippen LogP contribution in [0.1, 0.15) is 32.6 Å². The minimum atomic E-state index is 0.235. The van der Waals surface area contributed by atoms with E-state index in [1.54, 1.807) is 0 Å². The minimum absolute atomic E-state index is 0.235. The lowest BCUT2D eigenvalue weighted by molar-refractivity contribution is -0.133. The molecule has 0 unspecified atom stereocenters. The highest BCUT2D eigenvalue weighted by atomic mass is 16.5. The van der Waals surface area contributed by atoms with E-state index in [0.717, 1.165) is 45.0 Å². The van der Waals surface area contributed by atoms with E-state index >= 15 is 0 Å². The first-order valence-electron chi connectivity index (χ1n) is 7.97. The van der Waals surface area contributed by atoms with Gasteiger partial charge in [0.05, 0.1) is 25.9 Å². The van der Waals surface area contributed by atoms with Gasteiger partial charge >= 0.3 is 0 Å². The van der Waals surface area contributed by atoms with Crippen molar-refractivity contribution in [3.8, 4) is 0 Å². The van der Waals surface area contributed by atoms with Crippen molar-refractivity contribution in [1.29, 1.82) is 0 Å². The van der Waals surface area contributed by atoms with Crippen molar-refractivity contribution in [2.75, 3.05) is 46.0 Å². The van der Waals surface area contributed by atoms with Crippen LogP contribution in [0, 0.1) is 5.92 Å². The van der Waals surface area contributed by atoms with Gasteiger partial charge in [-0.05, 0) is 45.1 Å². The van der Waals surface area contributed by atoms with E-state index in [-0.39, 0.29) is 5.91 Å². The van der Waals surface area contributed by atoms with Gasteiger partial charge in [-0.15, -0.1) is 0 Å². The Bertz CT molecular complexity index is 287. The van der Waals surface area contributed by atoms with Gasteiger partial charge in [-0.2, -0.15) is 0 Å². The van der Waals surface area contributed by atoms with E-state index in [4.69, 9.17) is 9.47 Å². The summed E-state index contributed by atoms with van der Waals surface area (Å²) in [5, 5.41) is 3.26. The smallest absolute Gasteiger partial charge is 0.236 e. The molecule has 1 heterocycles. The summed E-state index contributed by atoms with van der Waals surface area (Å²) in [6.45, 7) is 7.20. The highest BCUT2D eigenvalue weighted by Crippen LogP contribution is 2.27. The topological polar surface area (TPSA) is 50.8 Å². The number of hydrogen-bond acceptors (Lipinski definition) is 4. The molecule has 116 valence electrons. The number of rotatable bonds is 9. The summed E-state index contributed by atoms with van der Waals surface area (Å²) < 4.78 is 11.0. The first-order valence-corrected chi connectivity index (χ1v) is 7.97. The van der Waals surface area contributed by atoms with Crippen LogP contribution in [0.15, 0.2) is 0 Å². The molecule has 0 radical (unpaired) electrons. The molecule has 2 aliphatic rings. The van der Waals surface area contributed by atoms with Crippen molar-refractivity contribution in [2.24, 2.45) is 5.92 Å². The first kappa shape index (κ1) is 15.7. The fourth-order valence-electron chi connectivity index (χ4n) is 2.51. The second-order valence-electron chi connectivity index (χ2n) is 5.72. The molecule has 0 spiro atoms. The van der Waals surface area contributed by atoms with Gasteiger partial charge in [0.25, 0.3) is 0 Å². The lowest BCUT2D eigenvalue weighted by Gasteiger charge is -2.32. The Labute approximate surface area is 122 Å². The minimum Gasteiger partial charge on any atom is -0.379 e. The van der Waals surface area contributed by atoms with Crippen LogP contribution >= 0.6 is 0 Å². The Morgan fingerprint density at radius 2 is 1.95 bits per heavy atom.